The van der Waals surface area contributed by atoms with Crippen molar-refractivity contribution in [2.45, 2.75) is 13.8 Å². The van der Waals surface area contributed by atoms with Gasteiger partial charge < -0.3 is 9.84 Å². The molecule has 0 aliphatic carbocycles. The van der Waals surface area contributed by atoms with Crippen LogP contribution < -0.4 is 4.74 Å². The highest BCUT2D eigenvalue weighted by Crippen LogP contribution is 2.33. The third-order valence-electron chi connectivity index (χ3n) is 3.13. The third-order valence-corrected chi connectivity index (χ3v) is 3.13. The maximum absolute atomic E-state index is 11.3. The molecule has 2 rings (SSSR count). The van der Waals surface area contributed by atoms with Gasteiger partial charge in [0.15, 0.2) is 0 Å². The van der Waals surface area contributed by atoms with Crippen LogP contribution in [0, 0.1) is 13.8 Å². The highest BCUT2D eigenvalue weighted by atomic mass is 16.5. The van der Waals surface area contributed by atoms with Gasteiger partial charge in [0.05, 0.1) is 7.11 Å². The largest absolute Gasteiger partial charge is 0.496 e. The van der Waals surface area contributed by atoms with E-state index in [4.69, 9.17) is 4.74 Å². The Labute approximate surface area is 111 Å². The van der Waals surface area contributed by atoms with E-state index in [1.807, 2.05) is 26.0 Å². The molecule has 0 spiro atoms. The number of hydrogen-bond acceptors (Lipinski definition) is 3. The SMILES string of the molecule is COc1cc(C)c(C)cc1-c1nn(C)cc1C(=O)O. The molecule has 0 bridgehead atoms. The van der Waals surface area contributed by atoms with Gasteiger partial charge in [-0.25, -0.2) is 4.79 Å². The van der Waals surface area contributed by atoms with Crippen LogP contribution in [0.4, 0.5) is 0 Å². The zero-order valence-electron chi connectivity index (χ0n) is 11.4. The Balaban J connectivity index is 2.71. The molecule has 0 radical (unpaired) electrons. The summed E-state index contributed by atoms with van der Waals surface area (Å²) in [6.45, 7) is 3.96. The number of hydrogen-bond donors (Lipinski definition) is 1. The number of methoxy groups -OCH3 is 1. The molecule has 0 unspecified atom stereocenters. The van der Waals surface area contributed by atoms with Gasteiger partial charge in [0.1, 0.15) is 17.0 Å². The van der Waals surface area contributed by atoms with Crippen LogP contribution >= 0.6 is 0 Å². The molecule has 5 nitrogen and oxygen atoms in total. The minimum absolute atomic E-state index is 0.170. The third kappa shape index (κ3) is 2.31. The lowest BCUT2D eigenvalue weighted by Gasteiger charge is -2.10. The van der Waals surface area contributed by atoms with Crippen molar-refractivity contribution < 1.29 is 14.6 Å². The molecule has 1 heterocycles. The topological polar surface area (TPSA) is 64.4 Å². The molecule has 2 aromatic rings. The normalized spacial score (nSPS) is 10.5. The summed E-state index contributed by atoms with van der Waals surface area (Å²) in [5.41, 5.74) is 3.45. The van der Waals surface area contributed by atoms with Gasteiger partial charge in [-0.05, 0) is 37.1 Å². The quantitative estimate of drug-likeness (QED) is 0.920. The minimum Gasteiger partial charge on any atom is -0.496 e. The first-order valence-corrected chi connectivity index (χ1v) is 5.86. The molecule has 0 saturated carbocycles. The van der Waals surface area contributed by atoms with Crippen LogP contribution in [0.3, 0.4) is 0 Å². The van der Waals surface area contributed by atoms with Crippen LogP contribution in [0.15, 0.2) is 18.3 Å². The molecule has 1 aromatic heterocycles. The molecule has 0 amide bonds. The average molecular weight is 260 g/mol. The molecule has 19 heavy (non-hydrogen) atoms. The van der Waals surface area contributed by atoms with Gasteiger partial charge in [0.2, 0.25) is 0 Å². The highest BCUT2D eigenvalue weighted by Gasteiger charge is 2.19. The second-order valence-electron chi connectivity index (χ2n) is 4.51. The summed E-state index contributed by atoms with van der Waals surface area (Å²) in [7, 11) is 3.26. The lowest BCUT2D eigenvalue weighted by atomic mass is 10.0. The number of aryl methyl sites for hydroxylation is 3. The molecule has 0 aliphatic heterocycles. The number of carboxylic acid groups (broad SMARTS) is 1. The monoisotopic (exact) mass is 260 g/mol. The first-order chi connectivity index (χ1) is 8.93. The molecule has 0 saturated heterocycles. The molecule has 1 N–H and O–H groups in total. The maximum atomic E-state index is 11.3. The minimum atomic E-state index is -0.997. The lowest BCUT2D eigenvalue weighted by molar-refractivity contribution is 0.0697. The first-order valence-electron chi connectivity index (χ1n) is 5.86. The van der Waals surface area contributed by atoms with Gasteiger partial charge in [0.25, 0.3) is 0 Å². The molecular formula is C14H16N2O3. The fourth-order valence-corrected chi connectivity index (χ4v) is 1.99. The molecule has 0 atom stereocenters. The van der Waals surface area contributed by atoms with Crippen molar-refractivity contribution in [3.8, 4) is 17.0 Å². The van der Waals surface area contributed by atoms with Gasteiger partial charge in [-0.3, -0.25) is 4.68 Å². The predicted molar refractivity (Wildman–Crippen MR) is 71.6 cm³/mol. The van der Waals surface area contributed by atoms with Crippen LogP contribution in [-0.4, -0.2) is 28.0 Å². The van der Waals surface area contributed by atoms with E-state index >= 15 is 0 Å². The Morgan fingerprint density at radius 3 is 2.53 bits per heavy atom. The number of nitrogens with zero attached hydrogens (tertiary/aromatic N) is 2. The predicted octanol–water partition coefficient (Wildman–Crippen LogP) is 2.41. The summed E-state index contributed by atoms with van der Waals surface area (Å²) in [4.78, 5) is 11.3. The van der Waals surface area contributed by atoms with E-state index < -0.39 is 5.97 Å². The number of aromatic carboxylic acids is 1. The molecular weight excluding hydrogens is 244 g/mol. The molecule has 100 valence electrons. The lowest BCUT2D eigenvalue weighted by Crippen LogP contribution is -1.99. The number of carboxylic acids is 1. The number of ether oxygens (including phenoxy) is 1. The van der Waals surface area contributed by atoms with E-state index in [9.17, 15) is 9.90 Å². The van der Waals surface area contributed by atoms with E-state index in [0.717, 1.165) is 11.1 Å². The Morgan fingerprint density at radius 1 is 1.32 bits per heavy atom. The van der Waals surface area contributed by atoms with Crippen molar-refractivity contribution in [1.29, 1.82) is 0 Å². The fourth-order valence-electron chi connectivity index (χ4n) is 1.99. The Kier molecular flexibility index (Phi) is 3.29. The Bertz CT molecular complexity index is 644. The van der Waals surface area contributed by atoms with Crippen molar-refractivity contribution in [2.75, 3.05) is 7.11 Å². The van der Waals surface area contributed by atoms with Crippen LogP contribution in [0.1, 0.15) is 21.5 Å². The van der Waals surface area contributed by atoms with Crippen molar-refractivity contribution in [3.05, 3.63) is 35.0 Å². The Hall–Kier alpha value is -2.30. The van der Waals surface area contributed by atoms with Crippen molar-refractivity contribution >= 4 is 5.97 Å². The van der Waals surface area contributed by atoms with E-state index in [1.165, 1.54) is 10.9 Å². The van der Waals surface area contributed by atoms with Gasteiger partial charge >= 0.3 is 5.97 Å². The number of benzene rings is 1. The highest BCUT2D eigenvalue weighted by molar-refractivity contribution is 5.95. The molecule has 1 aromatic carbocycles. The molecule has 0 fully saturated rings. The summed E-state index contributed by atoms with van der Waals surface area (Å²) in [6.07, 6.45) is 1.49. The van der Waals surface area contributed by atoms with E-state index in [-0.39, 0.29) is 5.56 Å². The number of aromatic nitrogens is 2. The van der Waals surface area contributed by atoms with Crippen LogP contribution in [-0.2, 0) is 7.05 Å². The van der Waals surface area contributed by atoms with Gasteiger partial charge in [0, 0.05) is 18.8 Å². The number of carbonyl (C=O) groups is 1. The van der Waals surface area contributed by atoms with E-state index in [0.29, 0.717) is 17.0 Å². The zero-order valence-corrected chi connectivity index (χ0v) is 11.4. The Morgan fingerprint density at radius 2 is 1.95 bits per heavy atom. The second-order valence-corrected chi connectivity index (χ2v) is 4.51. The van der Waals surface area contributed by atoms with Gasteiger partial charge in [-0.2, -0.15) is 5.10 Å². The van der Waals surface area contributed by atoms with E-state index in [2.05, 4.69) is 5.10 Å². The molecule has 5 heteroatoms. The summed E-state index contributed by atoms with van der Waals surface area (Å²) in [5.74, 6) is -0.368. The van der Waals surface area contributed by atoms with Crippen molar-refractivity contribution in [2.24, 2.45) is 7.05 Å². The molecule has 0 aliphatic rings. The standard InChI is InChI=1S/C14H16N2O3/c1-8-5-10(12(19-4)6-9(8)2)13-11(14(17)18)7-16(3)15-13/h5-7H,1-4H3,(H,17,18). The van der Waals surface area contributed by atoms with Crippen LogP contribution in [0.2, 0.25) is 0 Å². The maximum Gasteiger partial charge on any atom is 0.339 e. The summed E-state index contributed by atoms with van der Waals surface area (Å²) >= 11 is 0. The summed E-state index contributed by atoms with van der Waals surface area (Å²) in [6, 6.07) is 3.80. The fraction of sp³-hybridized carbons (Fsp3) is 0.286. The zero-order chi connectivity index (χ0) is 14.2. The van der Waals surface area contributed by atoms with Crippen molar-refractivity contribution in [1.82, 2.24) is 9.78 Å². The smallest absolute Gasteiger partial charge is 0.339 e. The van der Waals surface area contributed by atoms with Crippen LogP contribution in [0.25, 0.3) is 11.3 Å². The van der Waals surface area contributed by atoms with Crippen molar-refractivity contribution in [3.63, 3.8) is 0 Å². The summed E-state index contributed by atoms with van der Waals surface area (Å²) < 4.78 is 6.83. The van der Waals surface area contributed by atoms with E-state index in [1.54, 1.807) is 14.2 Å². The number of rotatable bonds is 3. The van der Waals surface area contributed by atoms with Gasteiger partial charge in [-0.1, -0.05) is 0 Å². The van der Waals surface area contributed by atoms with Crippen LogP contribution in [0.5, 0.6) is 5.75 Å². The van der Waals surface area contributed by atoms with Gasteiger partial charge in [-0.15, -0.1) is 0 Å². The summed E-state index contributed by atoms with van der Waals surface area (Å²) in [5, 5.41) is 13.5. The first kappa shape index (κ1) is 13.1. The average Bonchev–Trinajstić information content (AvgIpc) is 2.74. The second kappa shape index (κ2) is 4.76.